The van der Waals surface area contributed by atoms with Crippen molar-refractivity contribution in [3.05, 3.63) is 11.9 Å². The van der Waals surface area contributed by atoms with E-state index < -0.39 is 17.3 Å². The average Bonchev–Trinajstić information content (AvgIpc) is 2.99. The van der Waals surface area contributed by atoms with Crippen LogP contribution in [0.3, 0.4) is 0 Å². The van der Waals surface area contributed by atoms with Crippen LogP contribution in [0.4, 0.5) is 0 Å². The molecular formula is C12H18N4O3. The fourth-order valence-corrected chi connectivity index (χ4v) is 2.50. The maximum absolute atomic E-state index is 12.0. The lowest BCUT2D eigenvalue weighted by molar-refractivity contribution is -0.147. The molecule has 0 bridgehead atoms. The van der Waals surface area contributed by atoms with Crippen LogP contribution in [-0.4, -0.2) is 32.0 Å². The summed E-state index contributed by atoms with van der Waals surface area (Å²) in [6.07, 6.45) is 1.98. The number of carbonyl (C=O) groups is 2. The summed E-state index contributed by atoms with van der Waals surface area (Å²) in [5.74, 6) is -1.59. The van der Waals surface area contributed by atoms with E-state index in [0.29, 0.717) is 13.0 Å². The van der Waals surface area contributed by atoms with Crippen molar-refractivity contribution < 1.29 is 14.7 Å². The number of aryl methyl sites for hydroxylation is 1. The second kappa shape index (κ2) is 4.64. The molecule has 0 spiro atoms. The van der Waals surface area contributed by atoms with Crippen molar-refractivity contribution in [2.75, 3.05) is 0 Å². The number of aromatic nitrogens is 3. The SMILES string of the molecule is CC(C)[C@]1(C(=O)O)C[C@H]1C(=O)NCc1cnnn1C. The molecule has 1 saturated carbocycles. The van der Waals surface area contributed by atoms with Crippen LogP contribution in [0, 0.1) is 17.3 Å². The molecule has 104 valence electrons. The maximum Gasteiger partial charge on any atom is 0.310 e. The Morgan fingerprint density at radius 3 is 2.74 bits per heavy atom. The van der Waals surface area contributed by atoms with Gasteiger partial charge >= 0.3 is 5.97 Å². The third-order valence-corrected chi connectivity index (χ3v) is 4.00. The summed E-state index contributed by atoms with van der Waals surface area (Å²) in [6.45, 7) is 3.99. The minimum Gasteiger partial charge on any atom is -0.481 e. The van der Waals surface area contributed by atoms with Crippen molar-refractivity contribution in [1.82, 2.24) is 20.3 Å². The minimum atomic E-state index is -0.894. The van der Waals surface area contributed by atoms with Gasteiger partial charge in [0.05, 0.1) is 29.8 Å². The molecule has 19 heavy (non-hydrogen) atoms. The fourth-order valence-electron chi connectivity index (χ4n) is 2.50. The van der Waals surface area contributed by atoms with Gasteiger partial charge in [0, 0.05) is 7.05 Å². The molecule has 1 aliphatic rings. The van der Waals surface area contributed by atoms with E-state index >= 15 is 0 Å². The van der Waals surface area contributed by atoms with Crippen LogP contribution in [0.15, 0.2) is 6.20 Å². The minimum absolute atomic E-state index is 0.0564. The first kappa shape index (κ1) is 13.5. The van der Waals surface area contributed by atoms with Gasteiger partial charge in [0.1, 0.15) is 0 Å². The third-order valence-electron chi connectivity index (χ3n) is 4.00. The first-order valence-electron chi connectivity index (χ1n) is 6.24. The normalized spacial score (nSPS) is 25.4. The molecule has 7 nitrogen and oxygen atoms in total. The van der Waals surface area contributed by atoms with Gasteiger partial charge in [-0.15, -0.1) is 5.10 Å². The molecule has 0 unspecified atom stereocenters. The molecule has 1 aliphatic carbocycles. The number of carbonyl (C=O) groups excluding carboxylic acids is 1. The number of carboxylic acid groups (broad SMARTS) is 1. The Kier molecular flexibility index (Phi) is 3.30. The first-order valence-corrected chi connectivity index (χ1v) is 6.24. The molecule has 2 atom stereocenters. The van der Waals surface area contributed by atoms with Crippen molar-refractivity contribution in [2.45, 2.75) is 26.8 Å². The summed E-state index contributed by atoms with van der Waals surface area (Å²) < 4.78 is 1.57. The van der Waals surface area contributed by atoms with Gasteiger partial charge in [-0.25, -0.2) is 0 Å². The molecule has 1 aromatic rings. The predicted octanol–water partition coefficient (Wildman–Crippen LogP) is 0.178. The zero-order valence-electron chi connectivity index (χ0n) is 11.3. The zero-order chi connectivity index (χ0) is 14.2. The smallest absolute Gasteiger partial charge is 0.310 e. The van der Waals surface area contributed by atoms with E-state index in [1.165, 1.54) is 0 Å². The Morgan fingerprint density at radius 2 is 2.32 bits per heavy atom. The van der Waals surface area contributed by atoms with Crippen LogP contribution >= 0.6 is 0 Å². The van der Waals surface area contributed by atoms with Crippen LogP contribution in [0.5, 0.6) is 0 Å². The monoisotopic (exact) mass is 266 g/mol. The number of aliphatic carboxylic acids is 1. The molecule has 0 saturated heterocycles. The van der Waals surface area contributed by atoms with E-state index in [9.17, 15) is 14.7 Å². The van der Waals surface area contributed by atoms with Crippen LogP contribution in [0.2, 0.25) is 0 Å². The Balaban J connectivity index is 1.96. The van der Waals surface area contributed by atoms with Crippen molar-refractivity contribution in [3.63, 3.8) is 0 Å². The van der Waals surface area contributed by atoms with Gasteiger partial charge in [0.15, 0.2) is 0 Å². The first-order chi connectivity index (χ1) is 8.89. The summed E-state index contributed by atoms with van der Waals surface area (Å²) >= 11 is 0. The number of amides is 1. The lowest BCUT2D eigenvalue weighted by Crippen LogP contribution is -2.32. The molecule has 0 aliphatic heterocycles. The average molecular weight is 266 g/mol. The fraction of sp³-hybridized carbons (Fsp3) is 0.667. The van der Waals surface area contributed by atoms with Gasteiger partial charge in [-0.3, -0.25) is 14.3 Å². The number of rotatable bonds is 5. The number of hydrogen-bond acceptors (Lipinski definition) is 4. The molecule has 0 radical (unpaired) electrons. The second-order valence-corrected chi connectivity index (χ2v) is 5.32. The van der Waals surface area contributed by atoms with Crippen molar-refractivity contribution in [1.29, 1.82) is 0 Å². The largest absolute Gasteiger partial charge is 0.481 e. The van der Waals surface area contributed by atoms with E-state index in [2.05, 4.69) is 15.6 Å². The summed E-state index contributed by atoms with van der Waals surface area (Å²) in [5.41, 5.74) is -0.117. The Morgan fingerprint density at radius 1 is 1.63 bits per heavy atom. The number of nitrogens with zero attached hydrogens (tertiary/aromatic N) is 3. The highest BCUT2D eigenvalue weighted by Gasteiger charge is 2.65. The molecule has 2 N–H and O–H groups in total. The summed E-state index contributed by atoms with van der Waals surface area (Å²) in [4.78, 5) is 23.3. The number of hydrogen-bond donors (Lipinski definition) is 2. The van der Waals surface area contributed by atoms with E-state index in [-0.39, 0.29) is 11.8 Å². The van der Waals surface area contributed by atoms with E-state index in [0.717, 1.165) is 5.69 Å². The Hall–Kier alpha value is -1.92. The predicted molar refractivity (Wildman–Crippen MR) is 65.9 cm³/mol. The topological polar surface area (TPSA) is 97.1 Å². The standard InChI is InChI=1S/C12H18N4O3/c1-7(2)12(11(18)19)4-9(12)10(17)13-5-8-6-14-15-16(8)3/h6-7,9H,4-5H2,1-3H3,(H,13,17)(H,18,19)/t9-,12+/m0/s1. The molecule has 1 heterocycles. The Labute approximate surface area is 111 Å². The molecule has 1 fully saturated rings. The van der Waals surface area contributed by atoms with Crippen LogP contribution in [-0.2, 0) is 23.2 Å². The molecular weight excluding hydrogens is 248 g/mol. The van der Waals surface area contributed by atoms with Crippen LogP contribution in [0.1, 0.15) is 26.0 Å². The van der Waals surface area contributed by atoms with E-state index in [4.69, 9.17) is 0 Å². The zero-order valence-corrected chi connectivity index (χ0v) is 11.3. The van der Waals surface area contributed by atoms with Crippen molar-refractivity contribution in [2.24, 2.45) is 24.3 Å². The molecule has 1 aromatic heterocycles. The van der Waals surface area contributed by atoms with Crippen molar-refractivity contribution >= 4 is 11.9 Å². The maximum atomic E-state index is 12.0. The van der Waals surface area contributed by atoms with Gasteiger partial charge in [-0.1, -0.05) is 19.1 Å². The summed E-state index contributed by atoms with van der Waals surface area (Å²) in [7, 11) is 1.74. The van der Waals surface area contributed by atoms with Gasteiger partial charge < -0.3 is 10.4 Å². The van der Waals surface area contributed by atoms with Crippen LogP contribution < -0.4 is 5.32 Å². The van der Waals surface area contributed by atoms with E-state index in [1.807, 2.05) is 13.8 Å². The third kappa shape index (κ3) is 2.20. The highest BCUT2D eigenvalue weighted by atomic mass is 16.4. The number of nitrogens with one attached hydrogen (secondary N) is 1. The van der Waals surface area contributed by atoms with Gasteiger partial charge in [-0.2, -0.15) is 0 Å². The highest BCUT2D eigenvalue weighted by molar-refractivity contribution is 5.92. The molecule has 7 heteroatoms. The van der Waals surface area contributed by atoms with Gasteiger partial charge in [-0.05, 0) is 12.3 Å². The highest BCUT2D eigenvalue weighted by Crippen LogP contribution is 2.58. The lowest BCUT2D eigenvalue weighted by atomic mass is 9.89. The second-order valence-electron chi connectivity index (χ2n) is 5.32. The number of carboxylic acids is 1. The summed E-state index contributed by atoms with van der Waals surface area (Å²) in [5, 5.41) is 19.5. The molecule has 1 amide bonds. The van der Waals surface area contributed by atoms with Crippen molar-refractivity contribution in [3.8, 4) is 0 Å². The van der Waals surface area contributed by atoms with Crippen LogP contribution in [0.25, 0.3) is 0 Å². The van der Waals surface area contributed by atoms with E-state index in [1.54, 1.807) is 17.9 Å². The molecule has 0 aromatic carbocycles. The summed E-state index contributed by atoms with van der Waals surface area (Å²) in [6, 6.07) is 0. The lowest BCUT2D eigenvalue weighted by Gasteiger charge is -2.16. The van der Waals surface area contributed by atoms with Gasteiger partial charge in [0.25, 0.3) is 0 Å². The van der Waals surface area contributed by atoms with Gasteiger partial charge in [0.2, 0.25) is 5.91 Å². The Bertz CT molecular complexity index is 511. The molecule has 2 rings (SSSR count). The quantitative estimate of drug-likeness (QED) is 0.792.